The van der Waals surface area contributed by atoms with Crippen molar-refractivity contribution >= 4 is 0 Å². The van der Waals surface area contributed by atoms with E-state index in [-0.39, 0.29) is 5.41 Å². The fourth-order valence-corrected chi connectivity index (χ4v) is 2.66. The van der Waals surface area contributed by atoms with Crippen molar-refractivity contribution < 1.29 is 9.84 Å². The molecule has 76 valence electrons. The van der Waals surface area contributed by atoms with E-state index in [0.29, 0.717) is 13.2 Å². The van der Waals surface area contributed by atoms with Crippen LogP contribution in [0, 0.1) is 5.41 Å². The third-order valence-corrected chi connectivity index (χ3v) is 3.91. The smallest absolute Gasteiger partial charge is 0.0948 e. The van der Waals surface area contributed by atoms with E-state index in [4.69, 9.17) is 10.5 Å². The molecule has 1 aliphatic heterocycles. The highest BCUT2D eigenvalue weighted by atomic mass is 16.5. The van der Waals surface area contributed by atoms with Gasteiger partial charge < -0.3 is 15.6 Å². The Labute approximate surface area is 79.3 Å². The van der Waals surface area contributed by atoms with E-state index in [9.17, 15) is 5.11 Å². The summed E-state index contributed by atoms with van der Waals surface area (Å²) < 4.78 is 5.36. The predicted octanol–water partition coefficient (Wildman–Crippen LogP) is 0.657. The topological polar surface area (TPSA) is 55.5 Å². The van der Waals surface area contributed by atoms with Crippen LogP contribution >= 0.6 is 0 Å². The third-order valence-electron chi connectivity index (χ3n) is 3.91. The van der Waals surface area contributed by atoms with Gasteiger partial charge in [0.05, 0.1) is 12.2 Å². The Kier molecular flexibility index (Phi) is 2.34. The summed E-state index contributed by atoms with van der Waals surface area (Å²) in [6.07, 6.45) is 5.19. The molecule has 3 nitrogen and oxygen atoms in total. The Bertz CT molecular complexity index is 178. The van der Waals surface area contributed by atoms with E-state index in [1.54, 1.807) is 0 Å². The molecule has 0 bridgehead atoms. The first-order valence-electron chi connectivity index (χ1n) is 5.23. The largest absolute Gasteiger partial charge is 0.387 e. The van der Waals surface area contributed by atoms with Crippen molar-refractivity contribution in [2.24, 2.45) is 11.1 Å². The van der Waals surface area contributed by atoms with Gasteiger partial charge in [-0.3, -0.25) is 0 Å². The minimum absolute atomic E-state index is 0.0204. The normalized spacial score (nSPS) is 38.3. The maximum Gasteiger partial charge on any atom is 0.0948 e. The number of ether oxygens (including phenoxy) is 1. The van der Waals surface area contributed by atoms with E-state index in [2.05, 4.69) is 0 Å². The molecule has 3 heteroatoms. The van der Waals surface area contributed by atoms with E-state index >= 15 is 0 Å². The molecule has 1 saturated heterocycles. The van der Waals surface area contributed by atoms with Gasteiger partial charge in [0.2, 0.25) is 0 Å². The van der Waals surface area contributed by atoms with Crippen LogP contribution in [0.2, 0.25) is 0 Å². The van der Waals surface area contributed by atoms with Gasteiger partial charge in [-0.25, -0.2) is 0 Å². The highest BCUT2D eigenvalue weighted by Crippen LogP contribution is 2.51. The summed E-state index contributed by atoms with van der Waals surface area (Å²) in [5.41, 5.74) is 5.12. The summed E-state index contributed by atoms with van der Waals surface area (Å²) in [7, 11) is 0. The highest BCUT2D eigenvalue weighted by molar-refractivity contribution is 5.05. The number of nitrogens with two attached hydrogens (primary N) is 1. The fraction of sp³-hybridized carbons (Fsp3) is 1.00. The second-order valence-electron chi connectivity index (χ2n) is 4.53. The summed E-state index contributed by atoms with van der Waals surface area (Å²) in [6, 6.07) is 0. The Hall–Kier alpha value is -0.120. The summed E-state index contributed by atoms with van der Waals surface area (Å²) in [6.45, 7) is 1.89. The molecule has 0 aromatic heterocycles. The minimum Gasteiger partial charge on any atom is -0.387 e. The van der Waals surface area contributed by atoms with Gasteiger partial charge in [-0.05, 0) is 25.7 Å². The first-order chi connectivity index (χ1) is 6.22. The second kappa shape index (κ2) is 3.23. The van der Waals surface area contributed by atoms with E-state index in [1.807, 2.05) is 0 Å². The molecule has 0 amide bonds. The van der Waals surface area contributed by atoms with Crippen molar-refractivity contribution in [1.29, 1.82) is 0 Å². The summed E-state index contributed by atoms with van der Waals surface area (Å²) in [5, 5.41) is 10.4. The van der Waals surface area contributed by atoms with E-state index < -0.39 is 5.60 Å². The van der Waals surface area contributed by atoms with Gasteiger partial charge in [0, 0.05) is 18.6 Å². The minimum atomic E-state index is -0.627. The second-order valence-corrected chi connectivity index (χ2v) is 4.53. The first-order valence-corrected chi connectivity index (χ1v) is 5.23. The molecular weight excluding hydrogens is 166 g/mol. The first kappa shape index (κ1) is 9.44. The van der Waals surface area contributed by atoms with E-state index in [0.717, 1.165) is 32.3 Å². The van der Waals surface area contributed by atoms with Crippen LogP contribution in [0.3, 0.4) is 0 Å². The van der Waals surface area contributed by atoms with Crippen LogP contribution in [0.4, 0.5) is 0 Å². The number of rotatable bonds is 2. The van der Waals surface area contributed by atoms with Crippen molar-refractivity contribution in [2.75, 3.05) is 19.8 Å². The molecule has 0 aromatic carbocycles. The molecule has 13 heavy (non-hydrogen) atoms. The van der Waals surface area contributed by atoms with Crippen LogP contribution in [-0.2, 0) is 4.74 Å². The van der Waals surface area contributed by atoms with Gasteiger partial charge in [0.25, 0.3) is 0 Å². The van der Waals surface area contributed by atoms with Crippen LogP contribution in [0.5, 0.6) is 0 Å². The predicted molar refractivity (Wildman–Crippen MR) is 50.3 cm³/mol. The monoisotopic (exact) mass is 185 g/mol. The van der Waals surface area contributed by atoms with Crippen LogP contribution in [0.1, 0.15) is 32.1 Å². The molecule has 1 saturated carbocycles. The van der Waals surface area contributed by atoms with Gasteiger partial charge >= 0.3 is 0 Å². The Morgan fingerprint density at radius 2 is 2.00 bits per heavy atom. The average molecular weight is 185 g/mol. The Morgan fingerprint density at radius 3 is 2.38 bits per heavy atom. The lowest BCUT2D eigenvalue weighted by molar-refractivity contribution is -0.185. The van der Waals surface area contributed by atoms with Crippen molar-refractivity contribution in [3.05, 3.63) is 0 Å². The molecule has 3 N–H and O–H groups in total. The lowest BCUT2D eigenvalue weighted by atomic mass is 9.57. The third kappa shape index (κ3) is 1.30. The van der Waals surface area contributed by atoms with Crippen molar-refractivity contribution in [3.63, 3.8) is 0 Å². The molecule has 2 rings (SSSR count). The van der Waals surface area contributed by atoms with Crippen LogP contribution < -0.4 is 5.73 Å². The molecule has 1 aliphatic carbocycles. The quantitative estimate of drug-likeness (QED) is 0.664. The zero-order chi connectivity index (χ0) is 9.36. The SMILES string of the molecule is NCC1(C2(O)CCCOC2)CCC1. The van der Waals surface area contributed by atoms with Crippen LogP contribution in [0.15, 0.2) is 0 Å². The summed E-state index contributed by atoms with van der Waals surface area (Å²) in [5.74, 6) is 0. The molecule has 2 fully saturated rings. The Morgan fingerprint density at radius 1 is 1.23 bits per heavy atom. The number of hydrogen-bond acceptors (Lipinski definition) is 3. The molecule has 0 spiro atoms. The van der Waals surface area contributed by atoms with Crippen molar-refractivity contribution in [1.82, 2.24) is 0 Å². The standard InChI is InChI=1S/C10H19NO2/c11-7-9(3-1-4-9)10(12)5-2-6-13-8-10/h12H,1-8,11H2. The molecule has 0 aromatic rings. The number of aliphatic hydroxyl groups is 1. The van der Waals surface area contributed by atoms with Crippen molar-refractivity contribution in [3.8, 4) is 0 Å². The highest BCUT2D eigenvalue weighted by Gasteiger charge is 2.53. The molecule has 1 unspecified atom stereocenters. The van der Waals surface area contributed by atoms with Gasteiger partial charge in [-0.2, -0.15) is 0 Å². The summed E-state index contributed by atoms with van der Waals surface area (Å²) in [4.78, 5) is 0. The summed E-state index contributed by atoms with van der Waals surface area (Å²) >= 11 is 0. The van der Waals surface area contributed by atoms with Crippen LogP contribution in [-0.4, -0.2) is 30.5 Å². The zero-order valence-electron chi connectivity index (χ0n) is 8.09. The van der Waals surface area contributed by atoms with Gasteiger partial charge in [-0.1, -0.05) is 6.42 Å². The fourth-order valence-electron chi connectivity index (χ4n) is 2.66. The molecule has 1 heterocycles. The average Bonchev–Trinajstić information content (AvgIpc) is 2.04. The lowest BCUT2D eigenvalue weighted by Crippen LogP contribution is -2.60. The van der Waals surface area contributed by atoms with Gasteiger partial charge in [-0.15, -0.1) is 0 Å². The molecule has 0 radical (unpaired) electrons. The maximum absolute atomic E-state index is 10.4. The van der Waals surface area contributed by atoms with Crippen LogP contribution in [0.25, 0.3) is 0 Å². The Balaban J connectivity index is 2.10. The van der Waals surface area contributed by atoms with Gasteiger partial charge in [0.15, 0.2) is 0 Å². The maximum atomic E-state index is 10.4. The number of hydrogen-bond donors (Lipinski definition) is 2. The lowest BCUT2D eigenvalue weighted by Gasteiger charge is -2.54. The molecule has 1 atom stereocenters. The molecular formula is C10H19NO2. The van der Waals surface area contributed by atoms with Crippen molar-refractivity contribution in [2.45, 2.75) is 37.7 Å². The molecule has 2 aliphatic rings. The van der Waals surface area contributed by atoms with E-state index in [1.165, 1.54) is 6.42 Å². The zero-order valence-corrected chi connectivity index (χ0v) is 8.09. The van der Waals surface area contributed by atoms with Gasteiger partial charge in [0.1, 0.15) is 0 Å².